The smallest absolute Gasteiger partial charge is 0.339 e. The number of nitrogens with one attached hydrogen (secondary N) is 1. The number of fused-ring (bicyclic) bond motifs is 4. The van der Waals surface area contributed by atoms with Gasteiger partial charge >= 0.3 is 11.9 Å². The molecule has 5 saturated heterocycles. The maximum atomic E-state index is 15.9. The number of nitrogens with zero attached hydrogens (tertiary/aromatic N) is 1. The van der Waals surface area contributed by atoms with E-state index in [4.69, 9.17) is 23.4 Å². The zero-order valence-corrected chi connectivity index (χ0v) is 37.8. The number of rotatable bonds is 8. The van der Waals surface area contributed by atoms with E-state index in [1.807, 2.05) is 6.07 Å². The Hall–Kier alpha value is -2.81. The van der Waals surface area contributed by atoms with Crippen molar-refractivity contribution in [1.29, 1.82) is 0 Å². The van der Waals surface area contributed by atoms with E-state index < -0.39 is 69.9 Å². The topological polar surface area (TPSA) is 181 Å². The summed E-state index contributed by atoms with van der Waals surface area (Å²) < 4.78 is 33.5. The van der Waals surface area contributed by atoms with Crippen LogP contribution in [0.5, 0.6) is 0 Å². The third-order valence-corrected chi connectivity index (χ3v) is 20.8. The Morgan fingerprint density at radius 2 is 1.70 bits per heavy atom. The van der Waals surface area contributed by atoms with Gasteiger partial charge in [0.1, 0.15) is 30.2 Å². The van der Waals surface area contributed by atoms with Gasteiger partial charge in [-0.3, -0.25) is 14.9 Å². The molecular formula is C51H70N2O11. The highest BCUT2D eigenvalue weighted by Crippen LogP contribution is 2.83. The molecule has 4 N–H and O–H groups in total. The van der Waals surface area contributed by atoms with E-state index in [-0.39, 0.29) is 61.0 Å². The second-order valence-electron chi connectivity index (χ2n) is 23.0. The van der Waals surface area contributed by atoms with Crippen molar-refractivity contribution >= 4 is 17.7 Å². The summed E-state index contributed by atoms with van der Waals surface area (Å²) >= 11 is 0. The van der Waals surface area contributed by atoms with Gasteiger partial charge in [0.25, 0.3) is 0 Å². The number of epoxide rings is 1. The highest BCUT2D eigenvalue weighted by atomic mass is 16.7. The molecule has 350 valence electrons. The predicted octanol–water partition coefficient (Wildman–Crippen LogP) is 5.53. The lowest BCUT2D eigenvalue weighted by atomic mass is 9.32. The molecule has 17 atom stereocenters. The Balaban J connectivity index is 0.937. The van der Waals surface area contributed by atoms with E-state index in [1.54, 1.807) is 6.26 Å². The summed E-state index contributed by atoms with van der Waals surface area (Å²) in [5, 5.41) is 39.1. The molecule has 5 aliphatic carbocycles. The van der Waals surface area contributed by atoms with Crippen molar-refractivity contribution in [2.75, 3.05) is 26.4 Å². The molecule has 13 nitrogen and oxygen atoms in total. The number of hydrogen-bond acceptors (Lipinski definition) is 13. The molecule has 10 fully saturated rings. The molecule has 7 heterocycles. The zero-order valence-electron chi connectivity index (χ0n) is 37.8. The quantitative estimate of drug-likeness (QED) is 0.189. The van der Waals surface area contributed by atoms with Crippen LogP contribution in [0.4, 0.5) is 0 Å². The van der Waals surface area contributed by atoms with Crippen LogP contribution < -0.4 is 5.32 Å². The van der Waals surface area contributed by atoms with Gasteiger partial charge in [0.05, 0.1) is 49.7 Å². The number of cyclic esters (lactones) is 2. The number of carbonyl (C=O) groups is 3. The van der Waals surface area contributed by atoms with Gasteiger partial charge in [-0.15, -0.1) is 0 Å². The molecule has 1 aromatic rings. The van der Waals surface area contributed by atoms with Crippen LogP contribution in [0, 0.1) is 63.6 Å². The summed E-state index contributed by atoms with van der Waals surface area (Å²) in [4.78, 5) is 46.3. The van der Waals surface area contributed by atoms with Crippen molar-refractivity contribution in [1.82, 2.24) is 10.2 Å². The summed E-state index contributed by atoms with van der Waals surface area (Å²) in [6.07, 6.45) is 15.7. The summed E-state index contributed by atoms with van der Waals surface area (Å²) in [7, 11) is 0. The number of ether oxygens (including phenoxy) is 4. The number of allylic oxidation sites excluding steroid dienone is 1. The Kier molecular flexibility index (Phi) is 10.0. The first-order valence-corrected chi connectivity index (χ1v) is 25.4. The number of Topliss-reactive ketones (excluding diaryl/α,β-unsaturated/α-hetero) is 1. The van der Waals surface area contributed by atoms with Crippen molar-refractivity contribution in [3.8, 4) is 0 Å². The molecule has 13 heteroatoms. The molecule has 17 unspecified atom stereocenters. The molecule has 5 saturated carbocycles. The van der Waals surface area contributed by atoms with Crippen LogP contribution in [-0.2, 0) is 39.8 Å². The number of esters is 2. The van der Waals surface area contributed by atoms with Crippen LogP contribution in [0.3, 0.4) is 0 Å². The monoisotopic (exact) mass is 886 g/mol. The average molecular weight is 887 g/mol. The Morgan fingerprint density at radius 1 is 0.938 bits per heavy atom. The first kappa shape index (κ1) is 42.5. The lowest BCUT2D eigenvalue weighted by molar-refractivity contribution is -0.275. The highest BCUT2D eigenvalue weighted by Gasteiger charge is 2.93. The van der Waals surface area contributed by atoms with E-state index in [2.05, 4.69) is 36.3 Å². The van der Waals surface area contributed by atoms with Gasteiger partial charge in [-0.1, -0.05) is 51.5 Å². The SMILES string of the molecule is CC1(C2CCCCC2)OC2CC(=O)OCC23C1C(=O)C(O)C1(C2CCCCC2)C3CCC2(C)C(c3ccoc3CC(C(O)CO)C3CCC4C(C=CN5CNCC45)C3)OC(=O)C3OC321. The van der Waals surface area contributed by atoms with Crippen molar-refractivity contribution in [2.45, 2.75) is 171 Å². The lowest BCUT2D eigenvalue weighted by Crippen LogP contribution is -2.79. The van der Waals surface area contributed by atoms with Gasteiger partial charge in [-0.2, -0.15) is 0 Å². The maximum absolute atomic E-state index is 15.9. The number of aliphatic hydroxyl groups excluding tert-OH is 3. The van der Waals surface area contributed by atoms with E-state index in [1.165, 1.54) is 0 Å². The van der Waals surface area contributed by atoms with Gasteiger partial charge < -0.3 is 43.6 Å². The lowest BCUT2D eigenvalue weighted by Gasteiger charge is -2.70. The number of ketones is 1. The van der Waals surface area contributed by atoms with Crippen molar-refractivity contribution in [2.24, 2.45) is 63.6 Å². The number of carbonyl (C=O) groups excluding carboxylic acids is 3. The summed E-state index contributed by atoms with van der Waals surface area (Å²) in [6.45, 7) is 5.79. The number of hydrogen-bond donors (Lipinski definition) is 4. The van der Waals surface area contributed by atoms with Crippen LogP contribution >= 0.6 is 0 Å². The second kappa shape index (κ2) is 15.1. The summed E-state index contributed by atoms with van der Waals surface area (Å²) in [5.41, 5.74) is -4.33. The molecule has 0 aromatic carbocycles. The van der Waals surface area contributed by atoms with Crippen LogP contribution in [0.25, 0.3) is 0 Å². The molecule has 0 bridgehead atoms. The van der Waals surface area contributed by atoms with Crippen molar-refractivity contribution < 1.29 is 53.1 Å². The molecule has 64 heavy (non-hydrogen) atoms. The molecule has 0 radical (unpaired) electrons. The van der Waals surface area contributed by atoms with E-state index in [0.717, 1.165) is 102 Å². The zero-order chi connectivity index (χ0) is 44.0. The number of aliphatic hydroxyl groups is 3. The van der Waals surface area contributed by atoms with Gasteiger partial charge in [-0.25, -0.2) is 4.79 Å². The molecule has 11 aliphatic rings. The van der Waals surface area contributed by atoms with Crippen LogP contribution in [-0.4, -0.2) is 106 Å². The maximum Gasteiger partial charge on any atom is 0.339 e. The second-order valence-corrected chi connectivity index (χ2v) is 23.0. The minimum atomic E-state index is -1.42. The van der Waals surface area contributed by atoms with Gasteiger partial charge in [0, 0.05) is 40.8 Å². The average Bonchev–Trinajstić information content (AvgIpc) is 3.55. The van der Waals surface area contributed by atoms with Crippen LogP contribution in [0.2, 0.25) is 0 Å². The number of furan rings is 1. The molecule has 12 rings (SSSR count). The van der Waals surface area contributed by atoms with Crippen LogP contribution in [0.15, 0.2) is 29.0 Å². The summed E-state index contributed by atoms with van der Waals surface area (Å²) in [5.74, 6) is -0.625. The minimum absolute atomic E-state index is 0.0568. The fourth-order valence-electron chi connectivity index (χ4n) is 18.2. The molecular weight excluding hydrogens is 817 g/mol. The van der Waals surface area contributed by atoms with Gasteiger partial charge in [0.2, 0.25) is 0 Å². The fourth-order valence-corrected chi connectivity index (χ4v) is 18.2. The minimum Gasteiger partial charge on any atom is -0.469 e. The normalized spacial score (nSPS) is 48.4. The molecule has 1 aromatic heterocycles. The van der Waals surface area contributed by atoms with Crippen LogP contribution in [0.1, 0.15) is 134 Å². The molecule has 2 spiro atoms. The standard InChI is InChI=1S/C51H70N2O11/c1-47-18-15-38-49-26-61-40(56)23-39(49)63-48(2,30-9-5-3-6-10-30)42(49)41(57)43(58)50(38,31-11-7-4-8-12-31)51(47)45(64-51)46(59)62-44(47)33-17-20-60-37(33)22-34(36(55)25-54)28-13-14-32-29(21-28)16-19-53-27-52-24-35(32)53/h16-17,19-20,28-32,34-36,38-39,42-45,52,54-55,58H,3-15,18,21-27H2,1-2H3. The first-order chi connectivity index (χ1) is 30.9. The predicted molar refractivity (Wildman–Crippen MR) is 230 cm³/mol. The first-order valence-electron chi connectivity index (χ1n) is 25.4. The Morgan fingerprint density at radius 3 is 2.47 bits per heavy atom. The molecule has 0 amide bonds. The van der Waals surface area contributed by atoms with Crippen molar-refractivity contribution in [3.05, 3.63) is 35.9 Å². The Bertz CT molecular complexity index is 2060. The largest absolute Gasteiger partial charge is 0.469 e. The summed E-state index contributed by atoms with van der Waals surface area (Å²) in [6, 6.07) is 2.38. The van der Waals surface area contributed by atoms with Crippen molar-refractivity contribution in [3.63, 3.8) is 0 Å². The highest BCUT2D eigenvalue weighted by molar-refractivity contribution is 5.92. The van der Waals surface area contributed by atoms with E-state index in [0.29, 0.717) is 42.9 Å². The van der Waals surface area contributed by atoms with Gasteiger partial charge in [0.15, 0.2) is 11.9 Å². The van der Waals surface area contributed by atoms with E-state index in [9.17, 15) is 24.9 Å². The Labute approximate surface area is 376 Å². The third-order valence-electron chi connectivity index (χ3n) is 20.8. The van der Waals surface area contributed by atoms with E-state index >= 15 is 4.79 Å². The van der Waals surface area contributed by atoms with Gasteiger partial charge in [-0.05, 0) is 118 Å². The fraction of sp³-hybridized carbons (Fsp3) is 0.824. The third kappa shape index (κ3) is 5.48. The molecule has 6 aliphatic heterocycles.